The highest BCUT2D eigenvalue weighted by Crippen LogP contribution is 2.28. The number of thiophene rings is 1. The summed E-state index contributed by atoms with van der Waals surface area (Å²) in [5.74, 6) is 2.11. The highest BCUT2D eigenvalue weighted by atomic mass is 32.1. The third kappa shape index (κ3) is 2.32. The van der Waals surface area contributed by atoms with Crippen molar-refractivity contribution in [2.75, 3.05) is 12.8 Å². The molecule has 1 aromatic carbocycles. The second-order valence-electron chi connectivity index (χ2n) is 4.59. The molecule has 20 heavy (non-hydrogen) atoms. The molecular formula is C15H15N3OS. The van der Waals surface area contributed by atoms with Crippen molar-refractivity contribution in [3.05, 3.63) is 46.6 Å². The third-order valence-corrected chi connectivity index (χ3v) is 4.08. The zero-order chi connectivity index (χ0) is 14.1. The SMILES string of the molecule is COc1ccccc1Cc1nc(N)c2cc(C)sc2n1. The van der Waals surface area contributed by atoms with Crippen molar-refractivity contribution in [2.45, 2.75) is 13.3 Å². The van der Waals surface area contributed by atoms with E-state index in [4.69, 9.17) is 10.5 Å². The van der Waals surface area contributed by atoms with Crippen LogP contribution >= 0.6 is 11.3 Å². The van der Waals surface area contributed by atoms with Crippen LogP contribution in [-0.4, -0.2) is 17.1 Å². The minimum atomic E-state index is 0.546. The number of nitrogens with zero attached hydrogens (tertiary/aromatic N) is 2. The fraction of sp³-hybridized carbons (Fsp3) is 0.200. The maximum absolute atomic E-state index is 6.02. The Bertz CT molecular complexity index is 767. The summed E-state index contributed by atoms with van der Waals surface area (Å²) < 4.78 is 5.36. The fourth-order valence-corrected chi connectivity index (χ4v) is 3.11. The Kier molecular flexibility index (Phi) is 3.28. The van der Waals surface area contributed by atoms with Crippen LogP contribution in [0.25, 0.3) is 10.2 Å². The molecule has 0 aliphatic heterocycles. The van der Waals surface area contributed by atoms with Crippen LogP contribution in [-0.2, 0) is 6.42 Å². The van der Waals surface area contributed by atoms with E-state index in [9.17, 15) is 0 Å². The van der Waals surface area contributed by atoms with E-state index in [2.05, 4.69) is 9.97 Å². The van der Waals surface area contributed by atoms with Gasteiger partial charge in [0.05, 0.1) is 12.5 Å². The maximum atomic E-state index is 6.02. The molecule has 0 fully saturated rings. The Morgan fingerprint density at radius 1 is 1.25 bits per heavy atom. The minimum Gasteiger partial charge on any atom is -0.496 e. The number of rotatable bonds is 3. The van der Waals surface area contributed by atoms with Crippen LogP contribution in [0.1, 0.15) is 16.3 Å². The van der Waals surface area contributed by atoms with E-state index in [1.54, 1.807) is 18.4 Å². The molecule has 0 amide bonds. The van der Waals surface area contributed by atoms with Gasteiger partial charge >= 0.3 is 0 Å². The van der Waals surface area contributed by atoms with Gasteiger partial charge in [0.1, 0.15) is 22.2 Å². The largest absolute Gasteiger partial charge is 0.496 e. The standard InChI is InChI=1S/C15H15N3OS/c1-9-7-11-14(16)17-13(18-15(11)20-9)8-10-5-3-4-6-12(10)19-2/h3-7H,8H2,1-2H3,(H2,16,17,18). The quantitative estimate of drug-likeness (QED) is 0.803. The van der Waals surface area contributed by atoms with Crippen molar-refractivity contribution in [3.8, 4) is 5.75 Å². The molecule has 0 aliphatic rings. The van der Waals surface area contributed by atoms with Gasteiger partial charge in [-0.15, -0.1) is 11.3 Å². The number of hydrogen-bond donors (Lipinski definition) is 1. The number of benzene rings is 1. The molecule has 2 N–H and O–H groups in total. The molecule has 0 bridgehead atoms. The first-order chi connectivity index (χ1) is 9.67. The lowest BCUT2D eigenvalue weighted by Crippen LogP contribution is -2.02. The molecule has 0 spiro atoms. The van der Waals surface area contributed by atoms with Gasteiger partial charge in [0.25, 0.3) is 0 Å². The average Bonchev–Trinajstić information content (AvgIpc) is 2.80. The zero-order valence-electron chi connectivity index (χ0n) is 11.4. The summed E-state index contributed by atoms with van der Waals surface area (Å²) in [6, 6.07) is 9.91. The second-order valence-corrected chi connectivity index (χ2v) is 5.82. The molecule has 0 unspecified atom stereocenters. The summed E-state index contributed by atoms with van der Waals surface area (Å²) in [4.78, 5) is 11.1. The molecule has 102 valence electrons. The number of nitrogen functional groups attached to an aromatic ring is 1. The van der Waals surface area contributed by atoms with Crippen LogP contribution in [0.5, 0.6) is 5.75 Å². The van der Waals surface area contributed by atoms with E-state index in [1.165, 1.54) is 4.88 Å². The van der Waals surface area contributed by atoms with E-state index in [0.717, 1.165) is 27.4 Å². The molecule has 3 rings (SSSR count). The molecule has 4 nitrogen and oxygen atoms in total. The van der Waals surface area contributed by atoms with Gasteiger partial charge in [0.2, 0.25) is 0 Å². The normalized spacial score (nSPS) is 10.9. The van der Waals surface area contributed by atoms with Crippen molar-refractivity contribution in [1.29, 1.82) is 0 Å². The Balaban J connectivity index is 2.02. The maximum Gasteiger partial charge on any atom is 0.136 e. The number of methoxy groups -OCH3 is 1. The number of hydrogen-bond acceptors (Lipinski definition) is 5. The lowest BCUT2D eigenvalue weighted by Gasteiger charge is -2.07. The molecule has 0 aliphatic carbocycles. The molecule has 5 heteroatoms. The van der Waals surface area contributed by atoms with Crippen LogP contribution in [0.4, 0.5) is 5.82 Å². The van der Waals surface area contributed by atoms with Crippen LogP contribution in [0, 0.1) is 6.92 Å². The Morgan fingerprint density at radius 3 is 2.85 bits per heavy atom. The minimum absolute atomic E-state index is 0.546. The molecule has 3 aromatic rings. The van der Waals surface area contributed by atoms with Gasteiger partial charge < -0.3 is 10.5 Å². The van der Waals surface area contributed by atoms with Crippen molar-refractivity contribution in [2.24, 2.45) is 0 Å². The Morgan fingerprint density at radius 2 is 2.05 bits per heavy atom. The number of fused-ring (bicyclic) bond motifs is 1. The number of aryl methyl sites for hydroxylation is 1. The summed E-state index contributed by atoms with van der Waals surface area (Å²) in [5, 5.41) is 0.941. The number of nitrogens with two attached hydrogens (primary N) is 1. The molecule has 0 radical (unpaired) electrons. The van der Waals surface area contributed by atoms with Gasteiger partial charge in [-0.25, -0.2) is 9.97 Å². The summed E-state index contributed by atoms with van der Waals surface area (Å²) in [6.07, 6.45) is 0.612. The molecule has 0 saturated carbocycles. The van der Waals surface area contributed by atoms with E-state index in [-0.39, 0.29) is 0 Å². The Hall–Kier alpha value is -2.14. The topological polar surface area (TPSA) is 61.0 Å². The first-order valence-corrected chi connectivity index (χ1v) is 7.13. The van der Waals surface area contributed by atoms with Crippen LogP contribution in [0.2, 0.25) is 0 Å². The first-order valence-electron chi connectivity index (χ1n) is 6.32. The molecule has 2 aromatic heterocycles. The van der Waals surface area contributed by atoms with E-state index < -0.39 is 0 Å². The lowest BCUT2D eigenvalue weighted by atomic mass is 10.1. The number of para-hydroxylation sites is 1. The van der Waals surface area contributed by atoms with Gasteiger partial charge in [0, 0.05) is 16.9 Å². The predicted octanol–water partition coefficient (Wildman–Crippen LogP) is 3.18. The lowest BCUT2D eigenvalue weighted by molar-refractivity contribution is 0.410. The second kappa shape index (κ2) is 5.09. The zero-order valence-corrected chi connectivity index (χ0v) is 12.2. The summed E-state index contributed by atoms with van der Waals surface area (Å²) in [5.41, 5.74) is 7.08. The van der Waals surface area contributed by atoms with Gasteiger partial charge in [-0.05, 0) is 19.1 Å². The van der Waals surface area contributed by atoms with Crippen LogP contribution in [0.3, 0.4) is 0 Å². The summed E-state index contributed by atoms with van der Waals surface area (Å²) >= 11 is 1.64. The van der Waals surface area contributed by atoms with Gasteiger partial charge in [0.15, 0.2) is 0 Å². The highest BCUT2D eigenvalue weighted by Gasteiger charge is 2.10. The Labute approximate surface area is 121 Å². The van der Waals surface area contributed by atoms with Gasteiger partial charge in [-0.2, -0.15) is 0 Å². The monoisotopic (exact) mass is 285 g/mol. The third-order valence-electron chi connectivity index (χ3n) is 3.13. The van der Waals surface area contributed by atoms with Gasteiger partial charge in [-0.3, -0.25) is 0 Å². The number of ether oxygens (including phenoxy) is 1. The smallest absolute Gasteiger partial charge is 0.136 e. The van der Waals surface area contributed by atoms with E-state index >= 15 is 0 Å². The molecule has 0 atom stereocenters. The van der Waals surface area contributed by atoms with Gasteiger partial charge in [-0.1, -0.05) is 18.2 Å². The predicted molar refractivity (Wildman–Crippen MR) is 82.4 cm³/mol. The van der Waals surface area contributed by atoms with Crippen LogP contribution < -0.4 is 10.5 Å². The number of aromatic nitrogens is 2. The highest BCUT2D eigenvalue weighted by molar-refractivity contribution is 7.18. The summed E-state index contributed by atoms with van der Waals surface area (Å²) in [6.45, 7) is 2.05. The van der Waals surface area contributed by atoms with Crippen molar-refractivity contribution < 1.29 is 4.74 Å². The first kappa shape index (κ1) is 12.9. The number of anilines is 1. The van der Waals surface area contributed by atoms with Crippen molar-refractivity contribution >= 4 is 27.4 Å². The fourth-order valence-electron chi connectivity index (χ4n) is 2.21. The average molecular weight is 285 g/mol. The van der Waals surface area contributed by atoms with Crippen LogP contribution in [0.15, 0.2) is 30.3 Å². The van der Waals surface area contributed by atoms with Crippen molar-refractivity contribution in [1.82, 2.24) is 9.97 Å². The van der Waals surface area contributed by atoms with E-state index in [0.29, 0.717) is 12.2 Å². The molecule has 0 saturated heterocycles. The van der Waals surface area contributed by atoms with Crippen molar-refractivity contribution in [3.63, 3.8) is 0 Å². The molecule has 2 heterocycles. The van der Waals surface area contributed by atoms with E-state index in [1.807, 2.05) is 37.3 Å². The molecular weight excluding hydrogens is 270 g/mol. The summed E-state index contributed by atoms with van der Waals surface area (Å²) in [7, 11) is 1.67.